The number of benzene rings is 1. The molecule has 2 N–H and O–H groups in total. The van der Waals surface area contributed by atoms with E-state index in [1.54, 1.807) is 12.1 Å². The van der Waals surface area contributed by atoms with Crippen LogP contribution in [-0.2, 0) is 9.84 Å². The first kappa shape index (κ1) is 15.9. The van der Waals surface area contributed by atoms with E-state index >= 15 is 0 Å². The summed E-state index contributed by atoms with van der Waals surface area (Å²) in [6.45, 7) is 0. The van der Waals surface area contributed by atoms with Crippen molar-refractivity contribution in [1.82, 2.24) is 0 Å². The van der Waals surface area contributed by atoms with Crippen molar-refractivity contribution in [2.75, 3.05) is 6.26 Å². The highest BCUT2D eigenvalue weighted by molar-refractivity contribution is 9.10. The monoisotopic (exact) mass is 363 g/mol. The fraction of sp³-hybridized carbons (Fsp3) is 0.571. The lowest BCUT2D eigenvalue weighted by molar-refractivity contribution is 0.304. The predicted octanol–water partition coefficient (Wildman–Crippen LogP) is 3.19. The van der Waals surface area contributed by atoms with E-state index in [1.807, 2.05) is 0 Å². The summed E-state index contributed by atoms with van der Waals surface area (Å²) in [6.07, 6.45) is 4.16. The van der Waals surface area contributed by atoms with Gasteiger partial charge in [-0.05, 0) is 37.3 Å². The second-order valence-electron chi connectivity index (χ2n) is 5.57. The van der Waals surface area contributed by atoms with Gasteiger partial charge in [-0.3, -0.25) is 0 Å². The quantitative estimate of drug-likeness (QED) is 0.896. The number of nitrogens with two attached hydrogens (primary N) is 1. The first-order chi connectivity index (χ1) is 9.29. The lowest BCUT2D eigenvalue weighted by Gasteiger charge is -2.32. The van der Waals surface area contributed by atoms with Crippen LogP contribution in [0.25, 0.3) is 0 Å². The van der Waals surface area contributed by atoms with Crippen molar-refractivity contribution in [2.45, 2.75) is 37.0 Å². The van der Waals surface area contributed by atoms with Crippen LogP contribution in [0.2, 0.25) is 0 Å². The van der Waals surface area contributed by atoms with Crippen molar-refractivity contribution in [3.8, 4) is 0 Å². The first-order valence-electron chi connectivity index (χ1n) is 6.68. The SMILES string of the molecule is CS(=O)(=O)C1CCCC(C(N)c2ccc(Br)cc2F)C1. The molecule has 112 valence electrons. The highest BCUT2D eigenvalue weighted by Gasteiger charge is 2.33. The fourth-order valence-corrected chi connectivity index (χ4v) is 4.45. The van der Waals surface area contributed by atoms with Crippen molar-refractivity contribution in [3.05, 3.63) is 34.1 Å². The zero-order valence-electron chi connectivity index (χ0n) is 11.4. The molecule has 2 rings (SSSR count). The number of hydrogen-bond acceptors (Lipinski definition) is 3. The van der Waals surface area contributed by atoms with Crippen LogP contribution in [0, 0.1) is 11.7 Å². The summed E-state index contributed by atoms with van der Waals surface area (Å²) in [5.41, 5.74) is 6.64. The van der Waals surface area contributed by atoms with Crippen molar-refractivity contribution in [2.24, 2.45) is 11.7 Å². The Hall–Kier alpha value is -0.460. The van der Waals surface area contributed by atoms with Crippen LogP contribution in [0.5, 0.6) is 0 Å². The third-order valence-electron chi connectivity index (χ3n) is 4.10. The lowest BCUT2D eigenvalue weighted by Crippen LogP contribution is -2.33. The molecule has 0 aliphatic heterocycles. The highest BCUT2D eigenvalue weighted by Crippen LogP contribution is 2.36. The molecule has 6 heteroatoms. The average molecular weight is 364 g/mol. The Bertz CT molecular complexity index is 591. The van der Waals surface area contributed by atoms with Crippen molar-refractivity contribution >= 4 is 25.8 Å². The molecule has 0 aromatic heterocycles. The maximum Gasteiger partial charge on any atom is 0.150 e. The first-order valence-corrected chi connectivity index (χ1v) is 9.43. The van der Waals surface area contributed by atoms with E-state index in [0.29, 0.717) is 22.9 Å². The van der Waals surface area contributed by atoms with Gasteiger partial charge < -0.3 is 5.73 Å². The number of rotatable bonds is 3. The van der Waals surface area contributed by atoms with Gasteiger partial charge in [0, 0.05) is 22.3 Å². The van der Waals surface area contributed by atoms with Crippen LogP contribution in [0.4, 0.5) is 4.39 Å². The minimum Gasteiger partial charge on any atom is -0.324 e. The molecule has 1 aromatic carbocycles. The summed E-state index contributed by atoms with van der Waals surface area (Å²) in [6, 6.07) is 4.38. The summed E-state index contributed by atoms with van der Waals surface area (Å²) in [7, 11) is -3.05. The Morgan fingerprint density at radius 3 is 2.70 bits per heavy atom. The van der Waals surface area contributed by atoms with E-state index in [1.165, 1.54) is 12.3 Å². The molecule has 0 spiro atoms. The molecule has 1 fully saturated rings. The fourth-order valence-electron chi connectivity index (χ4n) is 2.92. The molecule has 20 heavy (non-hydrogen) atoms. The third-order valence-corrected chi connectivity index (χ3v) is 6.23. The Kier molecular flexibility index (Phi) is 4.87. The Morgan fingerprint density at radius 2 is 2.10 bits per heavy atom. The van der Waals surface area contributed by atoms with Gasteiger partial charge in [-0.15, -0.1) is 0 Å². The molecule has 3 atom stereocenters. The van der Waals surface area contributed by atoms with Gasteiger partial charge in [-0.2, -0.15) is 0 Å². The van der Waals surface area contributed by atoms with Gasteiger partial charge in [0.25, 0.3) is 0 Å². The van der Waals surface area contributed by atoms with Crippen LogP contribution >= 0.6 is 15.9 Å². The van der Waals surface area contributed by atoms with Crippen molar-refractivity contribution < 1.29 is 12.8 Å². The van der Waals surface area contributed by atoms with Gasteiger partial charge in [0.1, 0.15) is 15.7 Å². The smallest absolute Gasteiger partial charge is 0.150 e. The summed E-state index contributed by atoms with van der Waals surface area (Å²) in [4.78, 5) is 0. The van der Waals surface area contributed by atoms with Gasteiger partial charge >= 0.3 is 0 Å². The lowest BCUT2D eigenvalue weighted by atomic mass is 9.81. The van der Waals surface area contributed by atoms with Gasteiger partial charge in [0.15, 0.2) is 0 Å². The summed E-state index contributed by atoms with van der Waals surface area (Å²) in [5, 5.41) is -0.342. The van der Waals surface area contributed by atoms with Crippen LogP contribution in [0.15, 0.2) is 22.7 Å². The average Bonchev–Trinajstić information content (AvgIpc) is 2.37. The minimum absolute atomic E-state index is 0.0131. The van der Waals surface area contributed by atoms with Crippen LogP contribution in [-0.4, -0.2) is 19.9 Å². The van der Waals surface area contributed by atoms with E-state index in [9.17, 15) is 12.8 Å². The zero-order chi connectivity index (χ0) is 14.9. The Labute approximate surface area is 127 Å². The van der Waals surface area contributed by atoms with Crippen molar-refractivity contribution in [3.63, 3.8) is 0 Å². The zero-order valence-corrected chi connectivity index (χ0v) is 13.8. The predicted molar refractivity (Wildman–Crippen MR) is 81.6 cm³/mol. The molecular weight excluding hydrogens is 345 g/mol. The highest BCUT2D eigenvalue weighted by atomic mass is 79.9. The molecule has 0 heterocycles. The molecule has 1 aliphatic carbocycles. The van der Waals surface area contributed by atoms with Gasteiger partial charge in [-0.25, -0.2) is 12.8 Å². The molecule has 1 aliphatic rings. The van der Waals surface area contributed by atoms with E-state index in [4.69, 9.17) is 5.73 Å². The Balaban J connectivity index is 2.18. The largest absolute Gasteiger partial charge is 0.324 e. The number of halogens is 2. The Morgan fingerprint density at radius 1 is 1.40 bits per heavy atom. The summed E-state index contributed by atoms with van der Waals surface area (Å²) < 4.78 is 38.0. The summed E-state index contributed by atoms with van der Waals surface area (Å²) in [5.74, 6) is -0.326. The molecule has 0 bridgehead atoms. The van der Waals surface area contributed by atoms with Gasteiger partial charge in [-0.1, -0.05) is 28.4 Å². The summed E-state index contributed by atoms with van der Waals surface area (Å²) >= 11 is 3.22. The van der Waals surface area contributed by atoms with E-state index in [0.717, 1.165) is 12.8 Å². The van der Waals surface area contributed by atoms with Gasteiger partial charge in [0.2, 0.25) is 0 Å². The van der Waals surface area contributed by atoms with E-state index in [2.05, 4.69) is 15.9 Å². The molecule has 0 radical (unpaired) electrons. The molecule has 1 saturated carbocycles. The van der Waals surface area contributed by atoms with Crippen LogP contribution in [0.3, 0.4) is 0 Å². The third kappa shape index (κ3) is 3.59. The van der Waals surface area contributed by atoms with Crippen LogP contribution in [0.1, 0.15) is 37.3 Å². The van der Waals surface area contributed by atoms with Gasteiger partial charge in [0.05, 0.1) is 5.25 Å². The molecule has 0 amide bonds. The maximum atomic E-state index is 14.0. The topological polar surface area (TPSA) is 60.2 Å². The number of hydrogen-bond donors (Lipinski definition) is 1. The second kappa shape index (κ2) is 6.12. The molecule has 0 saturated heterocycles. The second-order valence-corrected chi connectivity index (χ2v) is 8.81. The maximum absolute atomic E-state index is 14.0. The minimum atomic E-state index is -3.05. The number of sulfone groups is 1. The van der Waals surface area contributed by atoms with Crippen molar-refractivity contribution in [1.29, 1.82) is 0 Å². The molecule has 3 unspecified atom stereocenters. The van der Waals surface area contributed by atoms with E-state index < -0.39 is 15.9 Å². The van der Waals surface area contributed by atoms with E-state index in [-0.39, 0.29) is 17.0 Å². The molecule has 1 aromatic rings. The standard InChI is InChI=1S/C14H19BrFNO2S/c1-20(18,19)11-4-2-3-9(7-11)14(17)12-6-5-10(15)8-13(12)16/h5-6,8-9,11,14H,2-4,7,17H2,1H3. The normalized spacial score (nSPS) is 25.4. The molecular formula is C14H19BrFNO2S. The molecule has 3 nitrogen and oxygen atoms in total. The van der Waals surface area contributed by atoms with Crippen LogP contribution < -0.4 is 5.73 Å².